The standard InChI is InChI=1S/C15H12F6N4O2S/c16-14(17,18)7-1-8(15(19,20)21)3-9(2-7)24-13(28)25-11(12(26)27)4-10-5-22-6-23-10/h1-3,5-6,11H,4H2,(H,22,23)(H,26,27)(H2,24,25,28). The van der Waals surface area contributed by atoms with E-state index in [4.69, 9.17) is 12.2 Å². The number of carbonyl (C=O) groups is 1. The number of aromatic nitrogens is 2. The van der Waals surface area contributed by atoms with Crippen LogP contribution in [-0.2, 0) is 23.6 Å². The summed E-state index contributed by atoms with van der Waals surface area (Å²) in [6.07, 6.45) is -7.47. The molecule has 1 atom stereocenters. The number of thiocarbonyl (C=S) groups is 1. The van der Waals surface area contributed by atoms with Crippen LogP contribution in [0.3, 0.4) is 0 Å². The Bertz CT molecular complexity index is 819. The molecule has 28 heavy (non-hydrogen) atoms. The van der Waals surface area contributed by atoms with Crippen LogP contribution in [0.1, 0.15) is 16.8 Å². The van der Waals surface area contributed by atoms with Gasteiger partial charge in [-0.3, -0.25) is 0 Å². The van der Waals surface area contributed by atoms with Gasteiger partial charge in [-0.2, -0.15) is 26.3 Å². The fourth-order valence-electron chi connectivity index (χ4n) is 2.17. The highest BCUT2D eigenvalue weighted by atomic mass is 32.1. The summed E-state index contributed by atoms with van der Waals surface area (Å²) in [5, 5.41) is 13.2. The molecule has 0 bridgehead atoms. The van der Waals surface area contributed by atoms with Gasteiger partial charge in [0.1, 0.15) is 6.04 Å². The van der Waals surface area contributed by atoms with Crippen LogP contribution in [0.5, 0.6) is 0 Å². The molecule has 0 saturated carbocycles. The molecule has 0 spiro atoms. The van der Waals surface area contributed by atoms with Crippen molar-refractivity contribution >= 4 is 29.0 Å². The van der Waals surface area contributed by atoms with E-state index in [1.165, 1.54) is 12.5 Å². The normalized spacial score (nSPS) is 13.1. The summed E-state index contributed by atoms with van der Waals surface area (Å²) >= 11 is 4.83. The van der Waals surface area contributed by atoms with Crippen LogP contribution in [0, 0.1) is 0 Å². The number of aromatic amines is 1. The first kappa shape index (κ1) is 21.5. The zero-order chi connectivity index (χ0) is 21.1. The second-order valence-electron chi connectivity index (χ2n) is 5.56. The molecular formula is C15H12F6N4O2S. The number of anilines is 1. The fourth-order valence-corrected chi connectivity index (χ4v) is 2.43. The van der Waals surface area contributed by atoms with Crippen molar-refractivity contribution in [1.82, 2.24) is 15.3 Å². The predicted octanol–water partition coefficient (Wildman–Crippen LogP) is 3.43. The molecule has 1 unspecified atom stereocenters. The number of hydrogen-bond donors (Lipinski definition) is 4. The van der Waals surface area contributed by atoms with Crippen LogP contribution in [-0.4, -0.2) is 32.2 Å². The number of halogens is 6. The molecule has 0 radical (unpaired) electrons. The van der Waals surface area contributed by atoms with E-state index in [0.717, 1.165) is 0 Å². The lowest BCUT2D eigenvalue weighted by molar-refractivity contribution is -0.143. The lowest BCUT2D eigenvalue weighted by atomic mass is 10.1. The van der Waals surface area contributed by atoms with Gasteiger partial charge in [-0.15, -0.1) is 0 Å². The van der Waals surface area contributed by atoms with Crippen molar-refractivity contribution in [2.75, 3.05) is 5.32 Å². The molecule has 0 fully saturated rings. The molecule has 152 valence electrons. The summed E-state index contributed by atoms with van der Waals surface area (Å²) in [4.78, 5) is 17.7. The summed E-state index contributed by atoms with van der Waals surface area (Å²) in [6, 6.07) is -0.449. The van der Waals surface area contributed by atoms with Gasteiger partial charge in [0.15, 0.2) is 5.11 Å². The molecule has 4 N–H and O–H groups in total. The maximum Gasteiger partial charge on any atom is 0.416 e. The SMILES string of the molecule is O=C(O)C(Cc1cnc[nH]1)NC(=S)Nc1cc(C(F)(F)F)cc(C(F)(F)F)c1. The van der Waals surface area contributed by atoms with E-state index in [-0.39, 0.29) is 12.5 Å². The molecule has 0 aliphatic carbocycles. The first-order chi connectivity index (χ1) is 12.9. The van der Waals surface area contributed by atoms with Crippen molar-refractivity contribution in [2.45, 2.75) is 24.8 Å². The molecule has 1 heterocycles. The Hall–Kier alpha value is -2.83. The van der Waals surface area contributed by atoms with E-state index in [2.05, 4.69) is 20.6 Å². The van der Waals surface area contributed by atoms with Crippen molar-refractivity contribution in [3.63, 3.8) is 0 Å². The predicted molar refractivity (Wildman–Crippen MR) is 89.5 cm³/mol. The average Bonchev–Trinajstić information content (AvgIpc) is 3.05. The second-order valence-corrected chi connectivity index (χ2v) is 5.97. The monoisotopic (exact) mass is 426 g/mol. The fraction of sp³-hybridized carbons (Fsp3) is 0.267. The van der Waals surface area contributed by atoms with E-state index in [1.807, 2.05) is 0 Å². The third kappa shape index (κ3) is 5.84. The molecule has 2 rings (SSSR count). The Balaban J connectivity index is 2.20. The van der Waals surface area contributed by atoms with E-state index < -0.39 is 46.3 Å². The van der Waals surface area contributed by atoms with Gasteiger partial charge in [0.05, 0.1) is 17.5 Å². The number of carboxylic acid groups (broad SMARTS) is 1. The number of benzene rings is 1. The largest absolute Gasteiger partial charge is 0.480 e. The molecule has 0 saturated heterocycles. The summed E-state index contributed by atoms with van der Waals surface area (Å²) < 4.78 is 77.2. The van der Waals surface area contributed by atoms with Gasteiger partial charge >= 0.3 is 18.3 Å². The first-order valence-corrected chi connectivity index (χ1v) is 7.84. The summed E-state index contributed by atoms with van der Waals surface area (Å²) in [7, 11) is 0. The molecule has 0 amide bonds. The van der Waals surface area contributed by atoms with Crippen molar-refractivity contribution in [2.24, 2.45) is 0 Å². The zero-order valence-electron chi connectivity index (χ0n) is 13.6. The van der Waals surface area contributed by atoms with E-state index in [1.54, 1.807) is 0 Å². The van der Waals surface area contributed by atoms with Crippen molar-refractivity contribution in [3.8, 4) is 0 Å². The van der Waals surface area contributed by atoms with Crippen LogP contribution in [0.25, 0.3) is 0 Å². The average molecular weight is 426 g/mol. The number of aliphatic carboxylic acids is 1. The topological polar surface area (TPSA) is 90.0 Å². The highest BCUT2D eigenvalue weighted by molar-refractivity contribution is 7.80. The van der Waals surface area contributed by atoms with Crippen molar-refractivity contribution in [3.05, 3.63) is 47.5 Å². The highest BCUT2D eigenvalue weighted by Gasteiger charge is 2.37. The zero-order valence-corrected chi connectivity index (χ0v) is 14.5. The van der Waals surface area contributed by atoms with Crippen LogP contribution >= 0.6 is 12.2 Å². The Morgan fingerprint density at radius 2 is 1.71 bits per heavy atom. The molecular weight excluding hydrogens is 414 g/mol. The number of hydrogen-bond acceptors (Lipinski definition) is 3. The molecule has 13 heteroatoms. The lowest BCUT2D eigenvalue weighted by Crippen LogP contribution is -2.44. The number of alkyl halides is 6. The number of rotatable bonds is 5. The molecule has 1 aromatic carbocycles. The number of nitrogens with zero attached hydrogens (tertiary/aromatic N) is 1. The molecule has 6 nitrogen and oxygen atoms in total. The van der Waals surface area contributed by atoms with E-state index in [0.29, 0.717) is 17.8 Å². The Labute approximate surface area is 159 Å². The summed E-state index contributed by atoms with van der Waals surface area (Å²) in [5.41, 5.74) is -3.22. The van der Waals surface area contributed by atoms with Gasteiger partial charge in [0, 0.05) is 24.0 Å². The first-order valence-electron chi connectivity index (χ1n) is 7.43. The second kappa shape index (κ2) is 8.04. The minimum absolute atomic E-state index is 0.0278. The van der Waals surface area contributed by atoms with Crippen LogP contribution in [0.4, 0.5) is 32.0 Å². The van der Waals surface area contributed by atoms with E-state index in [9.17, 15) is 36.2 Å². The van der Waals surface area contributed by atoms with Crippen LogP contribution < -0.4 is 10.6 Å². The lowest BCUT2D eigenvalue weighted by Gasteiger charge is -2.18. The van der Waals surface area contributed by atoms with Crippen LogP contribution in [0.15, 0.2) is 30.7 Å². The highest BCUT2D eigenvalue weighted by Crippen LogP contribution is 2.37. The Kier molecular flexibility index (Phi) is 6.17. The van der Waals surface area contributed by atoms with Gasteiger partial charge in [-0.1, -0.05) is 0 Å². The van der Waals surface area contributed by atoms with Gasteiger partial charge in [-0.05, 0) is 30.4 Å². The molecule has 0 aliphatic heterocycles. The summed E-state index contributed by atoms with van der Waals surface area (Å²) in [6.45, 7) is 0. The van der Waals surface area contributed by atoms with Crippen molar-refractivity contribution < 1.29 is 36.2 Å². The number of carboxylic acids is 1. The maximum atomic E-state index is 12.9. The number of H-pyrrole nitrogens is 1. The van der Waals surface area contributed by atoms with Gasteiger partial charge in [-0.25, -0.2) is 9.78 Å². The van der Waals surface area contributed by atoms with Crippen molar-refractivity contribution in [1.29, 1.82) is 0 Å². The molecule has 2 aromatic rings. The maximum absolute atomic E-state index is 12.9. The van der Waals surface area contributed by atoms with Crippen LogP contribution in [0.2, 0.25) is 0 Å². The smallest absolute Gasteiger partial charge is 0.416 e. The number of nitrogens with one attached hydrogen (secondary N) is 3. The number of imidazole rings is 1. The minimum atomic E-state index is -5.02. The van der Waals surface area contributed by atoms with Gasteiger partial charge in [0.25, 0.3) is 0 Å². The van der Waals surface area contributed by atoms with Gasteiger partial charge < -0.3 is 20.7 Å². The Morgan fingerprint density at radius 3 is 2.14 bits per heavy atom. The quantitative estimate of drug-likeness (QED) is 0.433. The minimum Gasteiger partial charge on any atom is -0.480 e. The third-order valence-corrected chi connectivity index (χ3v) is 3.65. The molecule has 1 aromatic heterocycles. The van der Waals surface area contributed by atoms with E-state index >= 15 is 0 Å². The molecule has 0 aliphatic rings. The third-order valence-electron chi connectivity index (χ3n) is 3.43. The summed E-state index contributed by atoms with van der Waals surface area (Å²) in [5.74, 6) is -1.33. The Morgan fingerprint density at radius 1 is 1.14 bits per heavy atom. The van der Waals surface area contributed by atoms with Gasteiger partial charge in [0.2, 0.25) is 0 Å².